The Balaban J connectivity index is 1.69. The molecule has 0 amide bonds. The van der Waals surface area contributed by atoms with Crippen molar-refractivity contribution in [3.63, 3.8) is 0 Å². The SMILES string of the molecule is NC1CCCC(C(=O)OCC2CCCCO2)C1. The average Bonchev–Trinajstić information content (AvgIpc) is 2.37. The molecule has 2 N–H and O–H groups in total. The lowest BCUT2D eigenvalue weighted by atomic mass is 9.86. The molecule has 1 aliphatic carbocycles. The van der Waals surface area contributed by atoms with Gasteiger partial charge in [-0.15, -0.1) is 0 Å². The number of rotatable bonds is 3. The maximum Gasteiger partial charge on any atom is 0.309 e. The predicted octanol–water partition coefficient (Wildman–Crippen LogP) is 1.62. The van der Waals surface area contributed by atoms with Crippen molar-refractivity contribution in [1.29, 1.82) is 0 Å². The number of hydrogen-bond acceptors (Lipinski definition) is 4. The van der Waals surface area contributed by atoms with Crippen molar-refractivity contribution in [3.05, 3.63) is 0 Å². The van der Waals surface area contributed by atoms with Gasteiger partial charge in [0.2, 0.25) is 0 Å². The summed E-state index contributed by atoms with van der Waals surface area (Å²) in [4.78, 5) is 11.9. The summed E-state index contributed by atoms with van der Waals surface area (Å²) < 4.78 is 10.9. The lowest BCUT2D eigenvalue weighted by molar-refractivity contribution is -0.155. The second-order valence-electron chi connectivity index (χ2n) is 5.24. The first-order valence-electron chi connectivity index (χ1n) is 6.79. The maximum atomic E-state index is 11.9. The molecule has 1 saturated carbocycles. The molecule has 2 aliphatic rings. The molecule has 1 aliphatic heterocycles. The highest BCUT2D eigenvalue weighted by Gasteiger charge is 2.27. The van der Waals surface area contributed by atoms with Gasteiger partial charge in [0.15, 0.2) is 0 Å². The highest BCUT2D eigenvalue weighted by atomic mass is 16.6. The van der Waals surface area contributed by atoms with E-state index in [1.165, 1.54) is 6.42 Å². The van der Waals surface area contributed by atoms with Crippen molar-refractivity contribution >= 4 is 5.97 Å². The Hall–Kier alpha value is -0.610. The Bertz CT molecular complexity index is 251. The van der Waals surface area contributed by atoms with E-state index in [2.05, 4.69) is 0 Å². The largest absolute Gasteiger partial charge is 0.463 e. The fraction of sp³-hybridized carbons (Fsp3) is 0.923. The van der Waals surface area contributed by atoms with Crippen molar-refractivity contribution in [2.45, 2.75) is 57.1 Å². The molecule has 1 heterocycles. The standard InChI is InChI=1S/C13H23NO3/c14-11-5-3-4-10(8-11)13(15)17-9-12-6-1-2-7-16-12/h10-12H,1-9,14H2. The lowest BCUT2D eigenvalue weighted by Gasteiger charge is -2.27. The van der Waals surface area contributed by atoms with Crippen LogP contribution in [0.25, 0.3) is 0 Å². The number of carbonyl (C=O) groups excluding carboxylic acids is 1. The summed E-state index contributed by atoms with van der Waals surface area (Å²) in [6.07, 6.45) is 7.22. The number of ether oxygens (including phenoxy) is 2. The lowest BCUT2D eigenvalue weighted by Crippen LogP contribution is -2.34. The van der Waals surface area contributed by atoms with Gasteiger partial charge >= 0.3 is 5.97 Å². The quantitative estimate of drug-likeness (QED) is 0.763. The minimum absolute atomic E-state index is 0.0161. The third-order valence-electron chi connectivity index (χ3n) is 3.73. The summed E-state index contributed by atoms with van der Waals surface area (Å²) >= 11 is 0. The summed E-state index contributed by atoms with van der Waals surface area (Å²) in [6.45, 7) is 1.22. The van der Waals surface area contributed by atoms with E-state index in [0.717, 1.165) is 45.1 Å². The average molecular weight is 241 g/mol. The fourth-order valence-electron chi connectivity index (χ4n) is 2.67. The van der Waals surface area contributed by atoms with E-state index in [1.807, 2.05) is 0 Å². The zero-order valence-corrected chi connectivity index (χ0v) is 10.4. The zero-order chi connectivity index (χ0) is 12.1. The fourth-order valence-corrected chi connectivity index (χ4v) is 2.67. The molecule has 0 aromatic carbocycles. The van der Waals surface area contributed by atoms with E-state index in [1.54, 1.807) is 0 Å². The summed E-state index contributed by atoms with van der Waals surface area (Å²) in [5.41, 5.74) is 5.87. The Morgan fingerprint density at radius 3 is 2.82 bits per heavy atom. The van der Waals surface area contributed by atoms with E-state index in [-0.39, 0.29) is 24.0 Å². The van der Waals surface area contributed by atoms with Gasteiger partial charge in [-0.25, -0.2) is 0 Å². The zero-order valence-electron chi connectivity index (χ0n) is 10.4. The van der Waals surface area contributed by atoms with Crippen LogP contribution in [0.4, 0.5) is 0 Å². The van der Waals surface area contributed by atoms with E-state index >= 15 is 0 Å². The molecule has 3 unspecified atom stereocenters. The van der Waals surface area contributed by atoms with E-state index in [4.69, 9.17) is 15.2 Å². The van der Waals surface area contributed by atoms with Crippen LogP contribution in [0.2, 0.25) is 0 Å². The molecular weight excluding hydrogens is 218 g/mol. The Kier molecular flexibility index (Phi) is 4.80. The molecule has 0 bridgehead atoms. The third kappa shape index (κ3) is 3.96. The van der Waals surface area contributed by atoms with Gasteiger partial charge in [0.05, 0.1) is 12.0 Å². The summed E-state index contributed by atoms with van der Waals surface area (Å²) in [5.74, 6) is -0.0586. The van der Waals surface area contributed by atoms with E-state index in [9.17, 15) is 4.79 Å². The van der Waals surface area contributed by atoms with Gasteiger partial charge in [0, 0.05) is 12.6 Å². The molecule has 4 nitrogen and oxygen atoms in total. The normalized spacial score (nSPS) is 34.3. The smallest absolute Gasteiger partial charge is 0.309 e. The van der Waals surface area contributed by atoms with Crippen LogP contribution in [0.3, 0.4) is 0 Å². The second-order valence-corrected chi connectivity index (χ2v) is 5.24. The van der Waals surface area contributed by atoms with Crippen LogP contribution in [0.15, 0.2) is 0 Å². The molecule has 3 atom stereocenters. The second kappa shape index (κ2) is 6.36. The van der Waals surface area contributed by atoms with Crippen LogP contribution < -0.4 is 5.73 Å². The van der Waals surface area contributed by atoms with Gasteiger partial charge in [-0.05, 0) is 38.5 Å². The monoisotopic (exact) mass is 241 g/mol. The molecular formula is C13H23NO3. The molecule has 4 heteroatoms. The van der Waals surface area contributed by atoms with Crippen molar-refractivity contribution in [2.75, 3.05) is 13.2 Å². The van der Waals surface area contributed by atoms with E-state index < -0.39 is 0 Å². The van der Waals surface area contributed by atoms with Gasteiger partial charge < -0.3 is 15.2 Å². The molecule has 2 rings (SSSR count). The van der Waals surface area contributed by atoms with Crippen LogP contribution in [-0.2, 0) is 14.3 Å². The van der Waals surface area contributed by atoms with Crippen LogP contribution in [0.1, 0.15) is 44.9 Å². The maximum absolute atomic E-state index is 11.9. The summed E-state index contributed by atoms with van der Waals surface area (Å²) in [5, 5.41) is 0. The van der Waals surface area contributed by atoms with Gasteiger partial charge in [-0.1, -0.05) is 6.42 Å². The Morgan fingerprint density at radius 2 is 2.12 bits per heavy atom. The minimum Gasteiger partial charge on any atom is -0.463 e. The van der Waals surface area contributed by atoms with Crippen molar-refractivity contribution < 1.29 is 14.3 Å². The topological polar surface area (TPSA) is 61.6 Å². The summed E-state index contributed by atoms with van der Waals surface area (Å²) in [7, 11) is 0. The van der Waals surface area contributed by atoms with Crippen LogP contribution in [0, 0.1) is 5.92 Å². The molecule has 0 radical (unpaired) electrons. The number of hydrogen-bond donors (Lipinski definition) is 1. The van der Waals surface area contributed by atoms with Gasteiger partial charge in [-0.2, -0.15) is 0 Å². The number of esters is 1. The minimum atomic E-state index is -0.0747. The Labute approximate surface area is 103 Å². The first-order chi connectivity index (χ1) is 8.25. The first-order valence-corrected chi connectivity index (χ1v) is 6.79. The van der Waals surface area contributed by atoms with Crippen molar-refractivity contribution in [3.8, 4) is 0 Å². The van der Waals surface area contributed by atoms with Crippen molar-refractivity contribution in [1.82, 2.24) is 0 Å². The van der Waals surface area contributed by atoms with Crippen LogP contribution >= 0.6 is 0 Å². The number of carbonyl (C=O) groups is 1. The molecule has 0 spiro atoms. The number of nitrogens with two attached hydrogens (primary N) is 1. The van der Waals surface area contributed by atoms with Gasteiger partial charge in [0.25, 0.3) is 0 Å². The summed E-state index contributed by atoms with van der Waals surface area (Å²) in [6, 6.07) is 0.173. The molecule has 2 fully saturated rings. The first kappa shape index (κ1) is 12.8. The molecule has 1 saturated heterocycles. The van der Waals surface area contributed by atoms with Gasteiger partial charge in [-0.3, -0.25) is 4.79 Å². The highest BCUT2D eigenvalue weighted by Crippen LogP contribution is 2.24. The highest BCUT2D eigenvalue weighted by molar-refractivity contribution is 5.72. The molecule has 0 aromatic rings. The van der Waals surface area contributed by atoms with Gasteiger partial charge in [0.1, 0.15) is 6.61 Å². The van der Waals surface area contributed by atoms with Crippen LogP contribution in [0.5, 0.6) is 0 Å². The predicted molar refractivity (Wildman–Crippen MR) is 64.5 cm³/mol. The van der Waals surface area contributed by atoms with Crippen LogP contribution in [-0.4, -0.2) is 31.3 Å². The molecule has 98 valence electrons. The van der Waals surface area contributed by atoms with Crippen molar-refractivity contribution in [2.24, 2.45) is 11.7 Å². The Morgan fingerprint density at radius 1 is 1.24 bits per heavy atom. The molecule has 17 heavy (non-hydrogen) atoms. The molecule has 0 aromatic heterocycles. The third-order valence-corrected chi connectivity index (χ3v) is 3.73. The van der Waals surface area contributed by atoms with E-state index in [0.29, 0.717) is 6.61 Å².